The standard InChI is InChI=1S/C11H21N/c12-11(8-9-11)7-6-10-4-2-1-3-5-10/h10H,1-9,12H2. The number of rotatable bonds is 3. The largest absolute Gasteiger partial charge is 0.325 e. The minimum absolute atomic E-state index is 0.303. The van der Waals surface area contributed by atoms with Crippen LogP contribution in [0.2, 0.25) is 0 Å². The monoisotopic (exact) mass is 167 g/mol. The quantitative estimate of drug-likeness (QED) is 0.687. The average molecular weight is 167 g/mol. The van der Waals surface area contributed by atoms with Crippen LogP contribution in [0.1, 0.15) is 57.8 Å². The third-order valence-corrected chi connectivity index (χ3v) is 3.67. The van der Waals surface area contributed by atoms with E-state index in [2.05, 4.69) is 0 Å². The molecule has 1 nitrogen and oxygen atoms in total. The van der Waals surface area contributed by atoms with Crippen molar-refractivity contribution >= 4 is 0 Å². The normalized spacial score (nSPS) is 28.8. The van der Waals surface area contributed by atoms with Gasteiger partial charge in [-0.15, -0.1) is 0 Å². The molecule has 0 aliphatic heterocycles. The van der Waals surface area contributed by atoms with Gasteiger partial charge in [-0.1, -0.05) is 32.1 Å². The van der Waals surface area contributed by atoms with Gasteiger partial charge in [-0.2, -0.15) is 0 Å². The molecule has 2 aliphatic carbocycles. The summed E-state index contributed by atoms with van der Waals surface area (Å²) in [6, 6.07) is 0. The van der Waals surface area contributed by atoms with Gasteiger partial charge in [0.15, 0.2) is 0 Å². The van der Waals surface area contributed by atoms with E-state index in [-0.39, 0.29) is 0 Å². The van der Waals surface area contributed by atoms with Crippen molar-refractivity contribution in [3.63, 3.8) is 0 Å². The van der Waals surface area contributed by atoms with Gasteiger partial charge in [0, 0.05) is 5.54 Å². The fourth-order valence-corrected chi connectivity index (χ4v) is 2.38. The molecular weight excluding hydrogens is 146 g/mol. The van der Waals surface area contributed by atoms with Crippen LogP contribution >= 0.6 is 0 Å². The van der Waals surface area contributed by atoms with Crippen LogP contribution < -0.4 is 5.73 Å². The Bertz CT molecular complexity index is 143. The van der Waals surface area contributed by atoms with Crippen LogP contribution in [0.15, 0.2) is 0 Å². The summed E-state index contributed by atoms with van der Waals surface area (Å²) in [4.78, 5) is 0. The lowest BCUT2D eigenvalue weighted by Crippen LogP contribution is -2.22. The lowest BCUT2D eigenvalue weighted by atomic mass is 9.85. The van der Waals surface area contributed by atoms with Gasteiger partial charge in [0.25, 0.3) is 0 Å². The Balaban J connectivity index is 1.65. The first-order valence-electron chi connectivity index (χ1n) is 5.57. The Morgan fingerprint density at radius 3 is 2.33 bits per heavy atom. The maximum absolute atomic E-state index is 6.06. The Morgan fingerprint density at radius 1 is 1.08 bits per heavy atom. The number of hydrogen-bond donors (Lipinski definition) is 1. The molecule has 0 aromatic heterocycles. The Labute approximate surface area is 75.7 Å². The Morgan fingerprint density at radius 2 is 1.75 bits per heavy atom. The van der Waals surface area contributed by atoms with Crippen molar-refractivity contribution in [3.8, 4) is 0 Å². The van der Waals surface area contributed by atoms with Gasteiger partial charge < -0.3 is 5.73 Å². The van der Waals surface area contributed by atoms with Crippen LogP contribution in [0.5, 0.6) is 0 Å². The zero-order valence-corrected chi connectivity index (χ0v) is 8.02. The molecule has 0 spiro atoms. The van der Waals surface area contributed by atoms with Crippen LogP contribution in [-0.4, -0.2) is 5.54 Å². The smallest absolute Gasteiger partial charge is 0.0155 e. The van der Waals surface area contributed by atoms with Gasteiger partial charge in [0.05, 0.1) is 0 Å². The minimum Gasteiger partial charge on any atom is -0.325 e. The summed E-state index contributed by atoms with van der Waals surface area (Å²) in [6.07, 6.45) is 12.7. The van der Waals surface area contributed by atoms with Crippen molar-refractivity contribution in [1.82, 2.24) is 0 Å². The van der Waals surface area contributed by atoms with Crippen molar-refractivity contribution in [2.24, 2.45) is 11.7 Å². The molecule has 2 N–H and O–H groups in total. The molecule has 0 aromatic carbocycles. The Kier molecular flexibility index (Phi) is 2.40. The predicted octanol–water partition coefficient (Wildman–Crippen LogP) is 2.84. The molecule has 0 atom stereocenters. The summed E-state index contributed by atoms with van der Waals surface area (Å²) in [5.74, 6) is 1.03. The van der Waals surface area contributed by atoms with Crippen LogP contribution in [0.25, 0.3) is 0 Å². The van der Waals surface area contributed by atoms with E-state index in [1.54, 1.807) is 0 Å². The maximum atomic E-state index is 6.06. The Hall–Kier alpha value is -0.0400. The SMILES string of the molecule is NC1(CCC2CCCCC2)CC1. The first-order valence-corrected chi connectivity index (χ1v) is 5.57. The van der Waals surface area contributed by atoms with Crippen molar-refractivity contribution in [1.29, 1.82) is 0 Å². The van der Waals surface area contributed by atoms with E-state index >= 15 is 0 Å². The average Bonchev–Trinajstić information content (AvgIpc) is 2.84. The fraction of sp³-hybridized carbons (Fsp3) is 1.00. The molecule has 0 amide bonds. The number of hydrogen-bond acceptors (Lipinski definition) is 1. The zero-order chi connectivity index (χ0) is 8.44. The second-order valence-corrected chi connectivity index (χ2v) is 4.91. The van der Waals surface area contributed by atoms with Gasteiger partial charge in [-0.3, -0.25) is 0 Å². The minimum atomic E-state index is 0.303. The molecule has 0 bridgehead atoms. The second-order valence-electron chi connectivity index (χ2n) is 4.91. The lowest BCUT2D eigenvalue weighted by Gasteiger charge is -2.22. The molecule has 0 unspecified atom stereocenters. The van der Waals surface area contributed by atoms with E-state index in [0.717, 1.165) is 5.92 Å². The van der Waals surface area contributed by atoms with Gasteiger partial charge in [0.2, 0.25) is 0 Å². The maximum Gasteiger partial charge on any atom is 0.0155 e. The van der Waals surface area contributed by atoms with Gasteiger partial charge in [-0.25, -0.2) is 0 Å². The molecule has 2 rings (SSSR count). The highest BCUT2D eigenvalue weighted by Gasteiger charge is 2.37. The van der Waals surface area contributed by atoms with Gasteiger partial charge in [-0.05, 0) is 31.6 Å². The van der Waals surface area contributed by atoms with E-state index in [1.165, 1.54) is 57.8 Å². The van der Waals surface area contributed by atoms with Crippen molar-refractivity contribution in [2.45, 2.75) is 63.3 Å². The summed E-state index contributed by atoms with van der Waals surface area (Å²) in [5, 5.41) is 0. The van der Waals surface area contributed by atoms with E-state index in [0.29, 0.717) is 5.54 Å². The van der Waals surface area contributed by atoms with E-state index in [4.69, 9.17) is 5.73 Å². The molecule has 0 saturated heterocycles. The molecule has 0 heterocycles. The first kappa shape index (κ1) is 8.55. The summed E-state index contributed by atoms with van der Waals surface area (Å²) < 4.78 is 0. The van der Waals surface area contributed by atoms with Crippen LogP contribution in [0, 0.1) is 5.92 Å². The molecule has 0 radical (unpaired) electrons. The first-order chi connectivity index (χ1) is 5.79. The summed E-state index contributed by atoms with van der Waals surface area (Å²) in [7, 11) is 0. The van der Waals surface area contributed by atoms with Crippen molar-refractivity contribution < 1.29 is 0 Å². The molecule has 1 heteroatoms. The van der Waals surface area contributed by atoms with E-state index in [1.807, 2.05) is 0 Å². The van der Waals surface area contributed by atoms with Crippen LogP contribution in [0.3, 0.4) is 0 Å². The summed E-state index contributed by atoms with van der Waals surface area (Å²) in [6.45, 7) is 0. The summed E-state index contributed by atoms with van der Waals surface area (Å²) >= 11 is 0. The van der Waals surface area contributed by atoms with Crippen LogP contribution in [0.4, 0.5) is 0 Å². The highest BCUT2D eigenvalue weighted by Crippen LogP contribution is 2.39. The molecule has 0 aromatic rings. The highest BCUT2D eigenvalue weighted by molar-refractivity contribution is 4.98. The fourth-order valence-electron chi connectivity index (χ4n) is 2.38. The van der Waals surface area contributed by atoms with Crippen molar-refractivity contribution in [3.05, 3.63) is 0 Å². The van der Waals surface area contributed by atoms with Gasteiger partial charge >= 0.3 is 0 Å². The molecule has 12 heavy (non-hydrogen) atoms. The summed E-state index contributed by atoms with van der Waals surface area (Å²) in [5.41, 5.74) is 6.37. The third kappa shape index (κ3) is 2.22. The topological polar surface area (TPSA) is 26.0 Å². The second kappa shape index (κ2) is 3.37. The molecule has 2 aliphatic rings. The number of nitrogens with two attached hydrogens (primary N) is 1. The lowest BCUT2D eigenvalue weighted by molar-refractivity contribution is 0.320. The van der Waals surface area contributed by atoms with E-state index < -0.39 is 0 Å². The molecule has 70 valence electrons. The van der Waals surface area contributed by atoms with Crippen molar-refractivity contribution in [2.75, 3.05) is 0 Å². The zero-order valence-electron chi connectivity index (χ0n) is 8.02. The van der Waals surface area contributed by atoms with Crippen LogP contribution in [-0.2, 0) is 0 Å². The predicted molar refractivity (Wildman–Crippen MR) is 52.0 cm³/mol. The molecule has 2 saturated carbocycles. The highest BCUT2D eigenvalue weighted by atomic mass is 14.8. The molecular formula is C11H21N. The van der Waals surface area contributed by atoms with E-state index in [9.17, 15) is 0 Å². The molecule has 2 fully saturated rings. The van der Waals surface area contributed by atoms with Gasteiger partial charge in [0.1, 0.15) is 0 Å². The third-order valence-electron chi connectivity index (χ3n) is 3.67.